The number of ether oxygens (including phenoxy) is 1. The average molecular weight is 268 g/mol. The maximum atomic E-state index is 11.9. The zero-order valence-corrected chi connectivity index (χ0v) is 11.4. The number of fused-ring (bicyclic) bond motifs is 1. The zero-order valence-electron chi connectivity index (χ0n) is 11.4. The summed E-state index contributed by atoms with van der Waals surface area (Å²) in [6.07, 6.45) is 0.255. The second-order valence-electron chi connectivity index (χ2n) is 4.71. The van der Waals surface area contributed by atoms with Crippen LogP contribution in [0.3, 0.4) is 0 Å². The lowest BCUT2D eigenvalue weighted by Crippen LogP contribution is -2.16. The molecule has 2 aromatic rings. The van der Waals surface area contributed by atoms with E-state index in [9.17, 15) is 9.59 Å². The number of benzene rings is 2. The van der Waals surface area contributed by atoms with Gasteiger partial charge in [0.05, 0.1) is 0 Å². The second-order valence-corrected chi connectivity index (χ2v) is 4.71. The van der Waals surface area contributed by atoms with Gasteiger partial charge in [0.25, 0.3) is 0 Å². The first-order valence-corrected chi connectivity index (χ1v) is 6.39. The molecule has 0 aliphatic carbocycles. The Morgan fingerprint density at radius 3 is 2.55 bits per heavy atom. The third-order valence-electron chi connectivity index (χ3n) is 2.98. The molecular formula is C17H16O3. The molecule has 0 saturated heterocycles. The number of carbonyl (C=O) groups is 2. The van der Waals surface area contributed by atoms with Crippen molar-refractivity contribution in [2.24, 2.45) is 0 Å². The van der Waals surface area contributed by atoms with Crippen LogP contribution in [0.25, 0.3) is 10.8 Å². The largest absolute Gasteiger partial charge is 0.454 e. The molecule has 0 aliphatic heterocycles. The SMILES string of the molecule is C=C(C)C(=O)OCC(=O)Cc1cccc2ccccc12. The molecule has 0 spiro atoms. The average Bonchev–Trinajstić information content (AvgIpc) is 2.45. The highest BCUT2D eigenvalue weighted by Crippen LogP contribution is 2.19. The molecule has 0 radical (unpaired) electrons. The molecule has 0 fully saturated rings. The van der Waals surface area contributed by atoms with Crippen LogP contribution in [0.4, 0.5) is 0 Å². The molecule has 3 heteroatoms. The van der Waals surface area contributed by atoms with Crippen LogP contribution in [0.5, 0.6) is 0 Å². The highest BCUT2D eigenvalue weighted by atomic mass is 16.5. The van der Waals surface area contributed by atoms with Crippen LogP contribution < -0.4 is 0 Å². The number of ketones is 1. The van der Waals surface area contributed by atoms with E-state index < -0.39 is 5.97 Å². The van der Waals surface area contributed by atoms with Crippen LogP contribution in [-0.4, -0.2) is 18.4 Å². The third kappa shape index (κ3) is 3.32. The first-order valence-electron chi connectivity index (χ1n) is 6.39. The molecule has 0 saturated carbocycles. The van der Waals surface area contributed by atoms with Gasteiger partial charge < -0.3 is 4.74 Å². The van der Waals surface area contributed by atoms with Crippen LogP contribution >= 0.6 is 0 Å². The summed E-state index contributed by atoms with van der Waals surface area (Å²) < 4.78 is 4.86. The number of rotatable bonds is 5. The minimum Gasteiger partial charge on any atom is -0.454 e. The van der Waals surface area contributed by atoms with Crippen LogP contribution in [0.2, 0.25) is 0 Å². The molecule has 0 heterocycles. The quantitative estimate of drug-likeness (QED) is 0.618. The Labute approximate surface area is 117 Å². The van der Waals surface area contributed by atoms with E-state index in [4.69, 9.17) is 4.74 Å². The lowest BCUT2D eigenvalue weighted by Gasteiger charge is -2.07. The van der Waals surface area contributed by atoms with Crippen molar-refractivity contribution in [3.63, 3.8) is 0 Å². The number of Topliss-reactive ketones (excluding diaryl/α,β-unsaturated/α-hetero) is 1. The predicted octanol–water partition coefficient (Wildman–Crippen LogP) is 3.07. The highest BCUT2D eigenvalue weighted by Gasteiger charge is 2.10. The van der Waals surface area contributed by atoms with Gasteiger partial charge in [-0.05, 0) is 23.3 Å². The fourth-order valence-electron chi connectivity index (χ4n) is 1.98. The molecular weight excluding hydrogens is 252 g/mol. The van der Waals surface area contributed by atoms with E-state index in [1.807, 2.05) is 42.5 Å². The van der Waals surface area contributed by atoms with Gasteiger partial charge in [-0.25, -0.2) is 4.79 Å². The summed E-state index contributed by atoms with van der Waals surface area (Å²) in [5, 5.41) is 2.14. The monoisotopic (exact) mass is 268 g/mol. The van der Waals surface area contributed by atoms with Crippen LogP contribution in [0, 0.1) is 0 Å². The topological polar surface area (TPSA) is 43.4 Å². The van der Waals surface area contributed by atoms with Crippen molar-refractivity contribution in [2.45, 2.75) is 13.3 Å². The lowest BCUT2D eigenvalue weighted by molar-refractivity contribution is -0.143. The Bertz CT molecular complexity index is 665. The standard InChI is InChI=1S/C17H16O3/c1-12(2)17(19)20-11-15(18)10-14-8-5-7-13-6-3-4-9-16(13)14/h3-9H,1,10-11H2,2H3. The Morgan fingerprint density at radius 2 is 1.80 bits per heavy atom. The highest BCUT2D eigenvalue weighted by molar-refractivity contribution is 5.93. The molecule has 2 rings (SSSR count). The van der Waals surface area contributed by atoms with Gasteiger partial charge in [0, 0.05) is 12.0 Å². The Hall–Kier alpha value is -2.42. The molecule has 2 aromatic carbocycles. The normalized spacial score (nSPS) is 10.2. The van der Waals surface area contributed by atoms with Crippen LogP contribution in [0.1, 0.15) is 12.5 Å². The number of hydrogen-bond acceptors (Lipinski definition) is 3. The van der Waals surface area contributed by atoms with E-state index >= 15 is 0 Å². The smallest absolute Gasteiger partial charge is 0.333 e. The number of hydrogen-bond donors (Lipinski definition) is 0. The molecule has 0 bridgehead atoms. The maximum Gasteiger partial charge on any atom is 0.333 e. The summed E-state index contributed by atoms with van der Waals surface area (Å²) >= 11 is 0. The molecule has 0 aromatic heterocycles. The minimum absolute atomic E-state index is 0.129. The molecule has 0 N–H and O–H groups in total. The Kier molecular flexibility index (Phi) is 4.31. The molecule has 102 valence electrons. The van der Waals surface area contributed by atoms with Crippen LogP contribution in [-0.2, 0) is 20.7 Å². The number of esters is 1. The van der Waals surface area contributed by atoms with Gasteiger partial charge in [-0.15, -0.1) is 0 Å². The van der Waals surface area contributed by atoms with Gasteiger partial charge in [-0.1, -0.05) is 49.0 Å². The Balaban J connectivity index is 2.07. The van der Waals surface area contributed by atoms with E-state index in [0.717, 1.165) is 16.3 Å². The van der Waals surface area contributed by atoms with Gasteiger partial charge in [0.2, 0.25) is 0 Å². The van der Waals surface area contributed by atoms with E-state index in [1.165, 1.54) is 0 Å². The first kappa shape index (κ1) is 14.0. The molecule has 0 aliphatic rings. The van der Waals surface area contributed by atoms with Crippen molar-refractivity contribution < 1.29 is 14.3 Å². The number of carbonyl (C=O) groups excluding carboxylic acids is 2. The van der Waals surface area contributed by atoms with Crippen molar-refractivity contribution in [1.29, 1.82) is 0 Å². The predicted molar refractivity (Wildman–Crippen MR) is 78.4 cm³/mol. The molecule has 20 heavy (non-hydrogen) atoms. The molecule has 0 atom stereocenters. The fourth-order valence-corrected chi connectivity index (χ4v) is 1.98. The van der Waals surface area contributed by atoms with Gasteiger partial charge >= 0.3 is 5.97 Å². The van der Waals surface area contributed by atoms with Gasteiger partial charge in [-0.3, -0.25) is 4.79 Å². The van der Waals surface area contributed by atoms with Crippen LogP contribution in [0.15, 0.2) is 54.6 Å². The van der Waals surface area contributed by atoms with E-state index in [0.29, 0.717) is 5.57 Å². The van der Waals surface area contributed by atoms with E-state index in [1.54, 1.807) is 6.92 Å². The summed E-state index contributed by atoms with van der Waals surface area (Å²) in [6, 6.07) is 13.7. The zero-order chi connectivity index (χ0) is 14.5. The van der Waals surface area contributed by atoms with Crippen molar-refractivity contribution >= 4 is 22.5 Å². The van der Waals surface area contributed by atoms with E-state index in [-0.39, 0.29) is 18.8 Å². The summed E-state index contributed by atoms with van der Waals surface area (Å²) in [6.45, 7) is 4.81. The van der Waals surface area contributed by atoms with Crippen molar-refractivity contribution in [3.05, 3.63) is 60.2 Å². The van der Waals surface area contributed by atoms with Crippen molar-refractivity contribution in [1.82, 2.24) is 0 Å². The van der Waals surface area contributed by atoms with Gasteiger partial charge in [-0.2, -0.15) is 0 Å². The molecule has 0 amide bonds. The third-order valence-corrected chi connectivity index (χ3v) is 2.98. The summed E-state index contributed by atoms with van der Waals surface area (Å²) in [5.41, 5.74) is 1.24. The maximum absolute atomic E-state index is 11.9. The summed E-state index contributed by atoms with van der Waals surface area (Å²) in [4.78, 5) is 23.1. The summed E-state index contributed by atoms with van der Waals surface area (Å²) in [5.74, 6) is -0.660. The van der Waals surface area contributed by atoms with Gasteiger partial charge in [0.1, 0.15) is 0 Å². The van der Waals surface area contributed by atoms with E-state index in [2.05, 4.69) is 6.58 Å². The summed E-state index contributed by atoms with van der Waals surface area (Å²) in [7, 11) is 0. The lowest BCUT2D eigenvalue weighted by atomic mass is 10.0. The molecule has 3 nitrogen and oxygen atoms in total. The fraction of sp³-hybridized carbons (Fsp3) is 0.176. The van der Waals surface area contributed by atoms with Crippen molar-refractivity contribution in [3.8, 4) is 0 Å². The minimum atomic E-state index is -0.531. The molecule has 0 unspecified atom stereocenters. The van der Waals surface area contributed by atoms with Crippen molar-refractivity contribution in [2.75, 3.05) is 6.61 Å². The first-order chi connectivity index (χ1) is 9.58. The Morgan fingerprint density at radius 1 is 1.10 bits per heavy atom. The second kappa shape index (κ2) is 6.15. The van der Waals surface area contributed by atoms with Gasteiger partial charge in [0.15, 0.2) is 12.4 Å².